The molecule has 0 bridgehead atoms. The fourth-order valence-corrected chi connectivity index (χ4v) is 7.04. The Labute approximate surface area is 277 Å². The van der Waals surface area contributed by atoms with E-state index in [-0.39, 0.29) is 40.4 Å². The van der Waals surface area contributed by atoms with Crippen LogP contribution in [0.1, 0.15) is 28.8 Å². The van der Waals surface area contributed by atoms with Gasteiger partial charge in [-0.15, -0.1) is 11.3 Å². The minimum atomic E-state index is -0.934. The van der Waals surface area contributed by atoms with E-state index in [0.717, 1.165) is 43.8 Å². The number of anilines is 3. The van der Waals surface area contributed by atoms with Crippen LogP contribution in [0, 0.1) is 11.6 Å². The number of hydrogen-bond acceptors (Lipinski definition) is 9. The van der Waals surface area contributed by atoms with Gasteiger partial charge >= 0.3 is 6.03 Å². The van der Waals surface area contributed by atoms with E-state index in [1.165, 1.54) is 36.1 Å². The fraction of sp³-hybridized carbons (Fsp3) is 0.212. The SMILES string of the molecule is COc1cccc(C(=O)Nc2cc(-c3csc(-c4sc(NC(=O)NC5CCN(Cc6ccccc6)CC5)nc4N)n3)c(F)cc2F)c1. The van der Waals surface area contributed by atoms with E-state index >= 15 is 0 Å². The number of nitrogen functional groups attached to an aromatic ring is 1. The summed E-state index contributed by atoms with van der Waals surface area (Å²) in [5, 5.41) is 10.6. The topological polar surface area (TPSA) is 134 Å². The summed E-state index contributed by atoms with van der Waals surface area (Å²) in [6.45, 7) is 2.64. The third kappa shape index (κ3) is 7.73. The van der Waals surface area contributed by atoms with Gasteiger partial charge in [0.1, 0.15) is 33.1 Å². The highest BCUT2D eigenvalue weighted by molar-refractivity contribution is 7.23. The number of amides is 3. The van der Waals surface area contributed by atoms with Gasteiger partial charge in [0.25, 0.3) is 5.91 Å². The van der Waals surface area contributed by atoms with Gasteiger partial charge in [0.2, 0.25) is 0 Å². The largest absolute Gasteiger partial charge is 0.497 e. The molecule has 3 aromatic carbocycles. The van der Waals surface area contributed by atoms with Crippen LogP contribution >= 0.6 is 22.7 Å². The number of likely N-dealkylation sites (tertiary alicyclic amines) is 1. The van der Waals surface area contributed by atoms with Gasteiger partial charge in [-0.3, -0.25) is 15.0 Å². The number of piperidine rings is 1. The first-order valence-corrected chi connectivity index (χ1v) is 16.5. The number of nitrogens with zero attached hydrogens (tertiary/aromatic N) is 3. The highest BCUT2D eigenvalue weighted by atomic mass is 32.1. The summed E-state index contributed by atoms with van der Waals surface area (Å²) < 4.78 is 34.8. The number of thiazole rings is 2. The highest BCUT2D eigenvalue weighted by Gasteiger charge is 2.23. The number of aromatic nitrogens is 2. The Morgan fingerprint density at radius 1 is 1.00 bits per heavy atom. The number of urea groups is 1. The lowest BCUT2D eigenvalue weighted by molar-refractivity contribution is 0.102. The summed E-state index contributed by atoms with van der Waals surface area (Å²) >= 11 is 2.33. The smallest absolute Gasteiger partial charge is 0.321 e. The van der Waals surface area contributed by atoms with E-state index in [9.17, 15) is 18.4 Å². The van der Waals surface area contributed by atoms with Gasteiger partial charge in [-0.1, -0.05) is 47.7 Å². The Kier molecular flexibility index (Phi) is 9.71. The first kappa shape index (κ1) is 32.0. The van der Waals surface area contributed by atoms with Crippen molar-refractivity contribution in [3.63, 3.8) is 0 Å². The number of benzene rings is 3. The Morgan fingerprint density at radius 3 is 2.55 bits per heavy atom. The number of carbonyl (C=O) groups excluding carboxylic acids is 2. The van der Waals surface area contributed by atoms with Gasteiger partial charge in [-0.25, -0.2) is 23.5 Å². The molecule has 1 fully saturated rings. The Bertz CT molecular complexity index is 1890. The second-order valence-electron chi connectivity index (χ2n) is 10.9. The molecular weight excluding hydrogens is 645 g/mol. The maximum atomic E-state index is 14.9. The van der Waals surface area contributed by atoms with E-state index in [4.69, 9.17) is 10.5 Å². The predicted octanol–water partition coefficient (Wildman–Crippen LogP) is 6.84. The van der Waals surface area contributed by atoms with Gasteiger partial charge in [0.15, 0.2) is 5.13 Å². The van der Waals surface area contributed by atoms with Crippen molar-refractivity contribution in [3.8, 4) is 26.9 Å². The van der Waals surface area contributed by atoms with Crippen molar-refractivity contribution in [1.82, 2.24) is 20.2 Å². The Balaban J connectivity index is 1.08. The van der Waals surface area contributed by atoms with E-state index in [0.29, 0.717) is 26.8 Å². The fourth-order valence-electron chi connectivity index (χ4n) is 5.24. The van der Waals surface area contributed by atoms with Crippen LogP contribution in [0.2, 0.25) is 0 Å². The standard InChI is InChI=1S/C33H31F2N7O3S2/c1-45-22-9-5-8-20(14-22)30(43)38-26-15-23(24(34)16-25(26)35)27-18-46-31(39-27)28-29(36)40-33(47-28)41-32(44)37-21-10-12-42(13-11-21)17-19-6-3-2-4-7-19/h2-9,14-16,18,21H,10-13,17,36H2,1H3,(H,38,43)(H2,37,40,41,44). The minimum Gasteiger partial charge on any atom is -0.497 e. The van der Waals surface area contributed by atoms with Gasteiger partial charge in [0, 0.05) is 48.2 Å². The van der Waals surface area contributed by atoms with Crippen molar-refractivity contribution in [2.75, 3.05) is 36.6 Å². The van der Waals surface area contributed by atoms with Gasteiger partial charge in [-0.2, -0.15) is 0 Å². The van der Waals surface area contributed by atoms with Crippen molar-refractivity contribution in [1.29, 1.82) is 0 Å². The molecule has 10 nitrogen and oxygen atoms in total. The summed E-state index contributed by atoms with van der Waals surface area (Å²) in [4.78, 5) is 37.2. The molecule has 6 rings (SSSR count). The highest BCUT2D eigenvalue weighted by Crippen LogP contribution is 2.39. The quantitative estimate of drug-likeness (QED) is 0.134. The number of methoxy groups -OCH3 is 1. The Morgan fingerprint density at radius 2 is 1.79 bits per heavy atom. The number of carbonyl (C=O) groups is 2. The predicted molar refractivity (Wildman–Crippen MR) is 181 cm³/mol. The molecule has 2 aromatic heterocycles. The number of nitrogens with one attached hydrogen (secondary N) is 3. The van der Waals surface area contributed by atoms with Gasteiger partial charge < -0.3 is 21.1 Å². The van der Waals surface area contributed by atoms with Crippen molar-refractivity contribution in [2.24, 2.45) is 0 Å². The van der Waals surface area contributed by atoms with Crippen molar-refractivity contribution < 1.29 is 23.1 Å². The van der Waals surface area contributed by atoms with Crippen LogP contribution in [-0.2, 0) is 6.54 Å². The summed E-state index contributed by atoms with van der Waals surface area (Å²) in [6.07, 6.45) is 1.67. The molecule has 0 spiro atoms. The Hall–Kier alpha value is -4.92. The maximum absolute atomic E-state index is 14.9. The summed E-state index contributed by atoms with van der Waals surface area (Å²) in [7, 11) is 1.47. The monoisotopic (exact) mass is 675 g/mol. The molecule has 0 radical (unpaired) electrons. The lowest BCUT2D eigenvalue weighted by atomic mass is 10.0. The molecule has 3 heterocycles. The van der Waals surface area contributed by atoms with Crippen LogP contribution in [0.5, 0.6) is 5.75 Å². The minimum absolute atomic E-state index is 0.00882. The molecule has 1 aliphatic heterocycles. The molecule has 0 aliphatic carbocycles. The van der Waals surface area contributed by atoms with E-state index in [2.05, 4.69) is 43.0 Å². The molecule has 1 saturated heterocycles. The number of hydrogen-bond donors (Lipinski definition) is 4. The van der Waals surface area contributed by atoms with Crippen LogP contribution in [0.25, 0.3) is 21.1 Å². The number of halogens is 2. The lowest BCUT2D eigenvalue weighted by Gasteiger charge is -2.32. The zero-order valence-electron chi connectivity index (χ0n) is 25.3. The van der Waals surface area contributed by atoms with Gasteiger partial charge in [-0.05, 0) is 42.7 Å². The summed E-state index contributed by atoms with van der Waals surface area (Å²) in [5.74, 6) is -1.75. The molecule has 3 amide bonds. The first-order chi connectivity index (χ1) is 22.7. The second kappa shape index (κ2) is 14.2. The van der Waals surface area contributed by atoms with E-state index in [1.807, 2.05) is 18.2 Å². The molecule has 14 heteroatoms. The van der Waals surface area contributed by atoms with Crippen LogP contribution < -0.4 is 26.4 Å². The third-order valence-electron chi connectivity index (χ3n) is 7.66. The second-order valence-corrected chi connectivity index (χ2v) is 12.8. The van der Waals surface area contributed by atoms with Crippen molar-refractivity contribution in [2.45, 2.75) is 25.4 Å². The number of ether oxygens (including phenoxy) is 1. The lowest BCUT2D eigenvalue weighted by Crippen LogP contribution is -2.45. The molecule has 5 aromatic rings. The van der Waals surface area contributed by atoms with E-state index < -0.39 is 17.5 Å². The summed E-state index contributed by atoms with van der Waals surface area (Å²) in [6, 6.07) is 18.2. The first-order valence-electron chi connectivity index (χ1n) is 14.8. The summed E-state index contributed by atoms with van der Waals surface area (Å²) in [5.41, 5.74) is 7.69. The zero-order valence-corrected chi connectivity index (χ0v) is 26.9. The zero-order chi connectivity index (χ0) is 32.9. The normalized spacial score (nSPS) is 13.7. The third-order valence-corrected chi connectivity index (χ3v) is 9.64. The molecule has 0 saturated carbocycles. The average Bonchev–Trinajstić information content (AvgIpc) is 3.70. The van der Waals surface area contributed by atoms with Crippen molar-refractivity contribution >= 4 is 51.2 Å². The van der Waals surface area contributed by atoms with Crippen LogP contribution in [0.3, 0.4) is 0 Å². The van der Waals surface area contributed by atoms with Crippen LogP contribution in [0.15, 0.2) is 72.1 Å². The van der Waals surface area contributed by atoms with Crippen LogP contribution in [0.4, 0.5) is 30.2 Å². The van der Waals surface area contributed by atoms with E-state index in [1.54, 1.807) is 23.6 Å². The molecule has 242 valence electrons. The molecule has 0 unspecified atom stereocenters. The number of rotatable bonds is 9. The molecule has 47 heavy (non-hydrogen) atoms. The average molecular weight is 676 g/mol. The van der Waals surface area contributed by atoms with Crippen LogP contribution in [-0.4, -0.2) is 53.0 Å². The molecule has 0 atom stereocenters. The maximum Gasteiger partial charge on any atom is 0.321 e. The van der Waals surface area contributed by atoms with Crippen molar-refractivity contribution in [3.05, 3.63) is 94.9 Å². The molecular formula is C33H31F2N7O3S2. The molecule has 1 aliphatic rings. The van der Waals surface area contributed by atoms with Gasteiger partial charge in [0.05, 0.1) is 18.5 Å². The number of nitrogens with two attached hydrogens (primary N) is 1. The molecule has 5 N–H and O–H groups in total.